The van der Waals surface area contributed by atoms with E-state index in [9.17, 15) is 18.4 Å². The molecular weight excluding hydrogens is 437 g/mol. The van der Waals surface area contributed by atoms with E-state index in [4.69, 9.17) is 0 Å². The van der Waals surface area contributed by atoms with Gasteiger partial charge in [-0.25, -0.2) is 0 Å². The summed E-state index contributed by atoms with van der Waals surface area (Å²) < 4.78 is 45.5. The van der Waals surface area contributed by atoms with Crippen molar-refractivity contribution in [3.63, 3.8) is 0 Å². The molecule has 170 valence electrons. The van der Waals surface area contributed by atoms with E-state index < -0.39 is 11.7 Å². The first-order valence-corrected chi connectivity index (χ1v) is 12.4. The first-order valence-electron chi connectivity index (χ1n) is 11.1. The van der Waals surface area contributed by atoms with E-state index in [2.05, 4.69) is 17.0 Å². The second-order valence-corrected chi connectivity index (χ2v) is 10.7. The fourth-order valence-corrected chi connectivity index (χ4v) is 6.59. The highest BCUT2D eigenvalue weighted by Gasteiger charge is 2.86. The monoisotopic (exact) mass is 463 g/mol. The molecule has 9 heteroatoms. The van der Waals surface area contributed by atoms with Gasteiger partial charge in [-0.2, -0.15) is 18.3 Å². The first-order chi connectivity index (χ1) is 15.2. The van der Waals surface area contributed by atoms with Crippen LogP contribution in [0.15, 0.2) is 29.9 Å². The minimum absolute atomic E-state index is 0.0596. The van der Waals surface area contributed by atoms with E-state index in [1.165, 1.54) is 43.6 Å². The smallest absolute Gasteiger partial charge is 0.354 e. The summed E-state index contributed by atoms with van der Waals surface area (Å²) >= 11 is 1.34. The van der Waals surface area contributed by atoms with E-state index in [1.54, 1.807) is 16.8 Å². The SMILES string of the molecule is C=C(Nc1cc[n+](O)c(SC)c1)c1c(C(F)(F)F)c(C2CC2)nn1CC1C2(CC2)C12CC2. The average molecular weight is 464 g/mol. The van der Waals surface area contributed by atoms with Gasteiger partial charge in [-0.1, -0.05) is 18.3 Å². The number of nitrogens with zero attached hydrogens (tertiary/aromatic N) is 3. The van der Waals surface area contributed by atoms with Gasteiger partial charge in [0.1, 0.15) is 5.56 Å². The molecule has 4 aliphatic carbocycles. The van der Waals surface area contributed by atoms with Gasteiger partial charge in [0.25, 0.3) is 5.03 Å². The minimum Gasteiger partial charge on any atom is -0.354 e. The molecule has 5 nitrogen and oxygen atoms in total. The standard InChI is InChI=1S/C23H25F3N4OS/c1-13(27-15-5-10-30(31)17(11-15)32-2)20-18(23(24,25)26)19(14-3-4-14)28-29(20)12-16-21(6-7-21)22(16)8-9-22/h5,10-11,14,16,31H,1,3-4,6-9,12H2,2H3/p+1. The molecular formula is C23H26F3N4OS+. The second kappa shape index (κ2) is 6.46. The van der Waals surface area contributed by atoms with Crippen LogP contribution in [0.5, 0.6) is 0 Å². The molecule has 0 aromatic carbocycles. The fourth-order valence-electron chi connectivity index (χ4n) is 6.10. The quantitative estimate of drug-likeness (QED) is 0.332. The molecule has 2 spiro atoms. The largest absolute Gasteiger partial charge is 0.420 e. The van der Waals surface area contributed by atoms with Crippen LogP contribution in [0.2, 0.25) is 0 Å². The van der Waals surface area contributed by atoms with Gasteiger partial charge in [-0.05, 0) is 61.5 Å². The average Bonchev–Trinajstić information content (AvgIpc) is 3.57. The number of fused-ring (bicyclic) bond motifs is 1. The summed E-state index contributed by atoms with van der Waals surface area (Å²) in [6, 6.07) is 3.30. The van der Waals surface area contributed by atoms with Gasteiger partial charge in [0.2, 0.25) is 6.20 Å². The molecule has 0 radical (unpaired) electrons. The molecule has 2 N–H and O–H groups in total. The molecule has 0 bridgehead atoms. The number of aromatic nitrogens is 3. The predicted octanol–water partition coefficient (Wildman–Crippen LogP) is 5.30. The molecule has 0 aliphatic heterocycles. The molecule has 4 saturated carbocycles. The lowest BCUT2D eigenvalue weighted by Gasteiger charge is -2.16. The van der Waals surface area contributed by atoms with Crippen molar-refractivity contribution in [3.8, 4) is 0 Å². The van der Waals surface area contributed by atoms with Crippen LogP contribution in [-0.2, 0) is 12.7 Å². The van der Waals surface area contributed by atoms with Crippen molar-refractivity contribution in [1.29, 1.82) is 0 Å². The molecule has 2 aromatic rings. The van der Waals surface area contributed by atoms with E-state index in [1.807, 2.05) is 6.26 Å². The number of rotatable bonds is 7. The third-order valence-electron chi connectivity index (χ3n) is 8.09. The number of anilines is 1. The first kappa shape index (κ1) is 20.4. The molecule has 0 atom stereocenters. The van der Waals surface area contributed by atoms with E-state index in [-0.39, 0.29) is 23.0 Å². The molecule has 4 aliphatic rings. The number of thioether (sulfide) groups is 1. The van der Waals surface area contributed by atoms with Crippen LogP contribution in [0, 0.1) is 16.7 Å². The molecule has 0 amide bonds. The third-order valence-corrected chi connectivity index (χ3v) is 8.82. The number of halogens is 3. The Labute approximate surface area is 188 Å². The number of hydrogen-bond donors (Lipinski definition) is 2. The second-order valence-electron chi connectivity index (χ2n) is 9.83. The van der Waals surface area contributed by atoms with Gasteiger partial charge in [0.15, 0.2) is 0 Å². The Morgan fingerprint density at radius 2 is 1.97 bits per heavy atom. The zero-order chi connectivity index (χ0) is 22.5. The summed E-state index contributed by atoms with van der Waals surface area (Å²) in [5.74, 6) is 0.319. The zero-order valence-corrected chi connectivity index (χ0v) is 18.7. The van der Waals surface area contributed by atoms with Gasteiger partial charge in [0.05, 0.1) is 22.8 Å². The number of alkyl halides is 3. The Bertz CT molecular complexity index is 1110. The lowest BCUT2D eigenvalue weighted by molar-refractivity contribution is -0.932. The number of hydrogen-bond acceptors (Lipinski definition) is 4. The minimum atomic E-state index is -4.50. The lowest BCUT2D eigenvalue weighted by atomic mass is 10.1. The van der Waals surface area contributed by atoms with E-state index in [0.717, 1.165) is 17.6 Å². The summed E-state index contributed by atoms with van der Waals surface area (Å²) in [5, 5.41) is 18.0. The van der Waals surface area contributed by atoms with Crippen molar-refractivity contribution < 1.29 is 23.1 Å². The Morgan fingerprint density at radius 1 is 1.31 bits per heavy atom. The normalized spacial score (nSPS) is 22.4. The van der Waals surface area contributed by atoms with Crippen molar-refractivity contribution in [3.05, 3.63) is 41.9 Å². The maximum atomic E-state index is 14.3. The Hall–Kier alpha value is -2.16. The molecule has 32 heavy (non-hydrogen) atoms. The molecule has 2 heterocycles. The highest BCUT2D eigenvalue weighted by Crippen LogP contribution is 2.92. The molecule has 6 rings (SSSR count). The summed E-state index contributed by atoms with van der Waals surface area (Å²) in [6.07, 6.45) is 5.10. The van der Waals surface area contributed by atoms with Crippen LogP contribution in [0.25, 0.3) is 5.70 Å². The van der Waals surface area contributed by atoms with Gasteiger partial charge in [-0.3, -0.25) is 9.89 Å². The summed E-state index contributed by atoms with van der Waals surface area (Å²) in [4.78, 5) is 0. The molecule has 0 unspecified atom stereocenters. The Kier molecular flexibility index (Phi) is 4.13. The van der Waals surface area contributed by atoms with Crippen LogP contribution < -0.4 is 10.0 Å². The lowest BCUT2D eigenvalue weighted by Crippen LogP contribution is -2.31. The predicted molar refractivity (Wildman–Crippen MR) is 114 cm³/mol. The van der Waals surface area contributed by atoms with Crippen molar-refractivity contribution in [2.24, 2.45) is 16.7 Å². The van der Waals surface area contributed by atoms with Crippen LogP contribution in [0.4, 0.5) is 18.9 Å². The molecule has 0 saturated heterocycles. The summed E-state index contributed by atoms with van der Waals surface area (Å²) in [6.45, 7) is 4.54. The Balaban J connectivity index is 1.38. The van der Waals surface area contributed by atoms with Crippen molar-refractivity contribution >= 4 is 23.1 Å². The number of nitrogens with one attached hydrogen (secondary N) is 1. The van der Waals surface area contributed by atoms with Crippen LogP contribution in [-0.4, -0.2) is 21.2 Å². The van der Waals surface area contributed by atoms with Gasteiger partial charge < -0.3 is 5.32 Å². The molecule has 4 fully saturated rings. The summed E-state index contributed by atoms with van der Waals surface area (Å²) in [5.41, 5.74) is 1.12. The van der Waals surface area contributed by atoms with Crippen molar-refractivity contribution in [2.75, 3.05) is 11.6 Å². The highest BCUT2D eigenvalue weighted by atomic mass is 32.2. The van der Waals surface area contributed by atoms with E-state index >= 15 is 0 Å². The summed E-state index contributed by atoms with van der Waals surface area (Å²) in [7, 11) is 0. The van der Waals surface area contributed by atoms with Crippen molar-refractivity contribution in [1.82, 2.24) is 9.78 Å². The van der Waals surface area contributed by atoms with Crippen LogP contribution in [0.1, 0.15) is 61.4 Å². The zero-order valence-electron chi connectivity index (χ0n) is 17.9. The van der Waals surface area contributed by atoms with Gasteiger partial charge in [0, 0.05) is 29.3 Å². The highest BCUT2D eigenvalue weighted by molar-refractivity contribution is 7.98. The van der Waals surface area contributed by atoms with Gasteiger partial charge >= 0.3 is 6.18 Å². The van der Waals surface area contributed by atoms with Crippen LogP contribution >= 0.6 is 11.8 Å². The fraction of sp³-hybridized carbons (Fsp3) is 0.565. The van der Waals surface area contributed by atoms with Gasteiger partial charge in [-0.15, -0.1) is 0 Å². The Morgan fingerprint density at radius 3 is 2.50 bits per heavy atom. The molecule has 2 aromatic heterocycles. The number of pyridine rings is 1. The van der Waals surface area contributed by atoms with Crippen LogP contribution in [0.3, 0.4) is 0 Å². The maximum Gasteiger partial charge on any atom is 0.420 e. The van der Waals surface area contributed by atoms with Crippen molar-refractivity contribution in [2.45, 2.75) is 62.2 Å². The van der Waals surface area contributed by atoms with E-state index in [0.29, 0.717) is 34.0 Å². The maximum absolute atomic E-state index is 14.3. The topological polar surface area (TPSA) is 54.0 Å². The third kappa shape index (κ3) is 2.92.